The zero-order valence-electron chi connectivity index (χ0n) is 10.5. The van der Waals surface area contributed by atoms with E-state index in [1.165, 1.54) is 24.2 Å². The maximum atomic E-state index is 12.8. The van der Waals surface area contributed by atoms with Crippen molar-refractivity contribution in [2.24, 2.45) is 16.8 Å². The predicted octanol–water partition coefficient (Wildman–Crippen LogP) is 1.92. The summed E-state index contributed by atoms with van der Waals surface area (Å²) in [6.45, 7) is 1.79. The molecule has 0 saturated heterocycles. The lowest BCUT2D eigenvalue weighted by atomic mass is 10.1. The lowest BCUT2D eigenvalue weighted by Crippen LogP contribution is -2.34. The molecule has 0 bridgehead atoms. The Morgan fingerprint density at radius 2 is 2.21 bits per heavy atom. The Kier molecular flexibility index (Phi) is 4.57. The van der Waals surface area contributed by atoms with Crippen LogP contribution in [0.5, 0.6) is 0 Å². The number of aromatic nitrogens is 1. The maximum absolute atomic E-state index is 12.8. The number of hydrogen-bond acceptors (Lipinski definition) is 4. The molecule has 0 aliphatic rings. The molecule has 5 nitrogen and oxygen atoms in total. The number of pyridine rings is 1. The first-order valence-electron chi connectivity index (χ1n) is 5.48. The minimum atomic E-state index is -4.47. The largest absolute Gasteiger partial charge is 0.419 e. The third kappa shape index (κ3) is 3.73. The van der Waals surface area contributed by atoms with Crippen LogP contribution in [0.25, 0.3) is 0 Å². The molecule has 1 atom stereocenters. The molecule has 1 rings (SSSR count). The van der Waals surface area contributed by atoms with Crippen molar-refractivity contribution in [1.82, 2.24) is 4.98 Å². The van der Waals surface area contributed by atoms with Gasteiger partial charge in [-0.05, 0) is 12.1 Å². The van der Waals surface area contributed by atoms with Crippen LogP contribution in [-0.2, 0) is 6.18 Å². The number of halogens is 3. The van der Waals surface area contributed by atoms with Gasteiger partial charge in [0.1, 0.15) is 11.7 Å². The Morgan fingerprint density at radius 3 is 2.74 bits per heavy atom. The van der Waals surface area contributed by atoms with Crippen molar-refractivity contribution in [2.45, 2.75) is 13.1 Å². The third-order valence-electron chi connectivity index (χ3n) is 2.62. The van der Waals surface area contributed by atoms with Crippen molar-refractivity contribution in [1.29, 1.82) is 0 Å². The van der Waals surface area contributed by atoms with Crippen LogP contribution in [0.2, 0.25) is 0 Å². The molecule has 0 radical (unpaired) electrons. The number of alkyl halides is 3. The van der Waals surface area contributed by atoms with Gasteiger partial charge in [-0.15, -0.1) is 0 Å². The molecule has 8 heteroatoms. The highest BCUT2D eigenvalue weighted by Crippen LogP contribution is 2.34. The average molecular weight is 276 g/mol. The van der Waals surface area contributed by atoms with Gasteiger partial charge in [-0.25, -0.2) is 4.98 Å². The monoisotopic (exact) mass is 276 g/mol. The number of anilines is 1. The zero-order chi connectivity index (χ0) is 14.6. The Balaban J connectivity index is 2.98. The van der Waals surface area contributed by atoms with E-state index in [2.05, 4.69) is 10.1 Å². The van der Waals surface area contributed by atoms with E-state index in [9.17, 15) is 13.2 Å². The number of nitrogens with zero attached hydrogens (tertiary/aromatic N) is 3. The van der Waals surface area contributed by atoms with Gasteiger partial charge in [-0.3, -0.25) is 0 Å². The smallest absolute Gasteiger partial charge is 0.409 e. The molecule has 0 amide bonds. The molecule has 0 spiro atoms. The second-order valence-electron chi connectivity index (χ2n) is 4.18. The first kappa shape index (κ1) is 15.1. The summed E-state index contributed by atoms with van der Waals surface area (Å²) < 4.78 is 38.4. The van der Waals surface area contributed by atoms with Crippen LogP contribution in [0.15, 0.2) is 23.5 Å². The third-order valence-corrected chi connectivity index (χ3v) is 2.62. The Bertz CT molecular complexity index is 461. The quantitative estimate of drug-likeness (QED) is 0.381. The van der Waals surface area contributed by atoms with Gasteiger partial charge >= 0.3 is 6.18 Å². The average Bonchev–Trinajstić information content (AvgIpc) is 2.36. The van der Waals surface area contributed by atoms with Crippen LogP contribution in [0.4, 0.5) is 19.0 Å². The lowest BCUT2D eigenvalue weighted by Gasteiger charge is -2.24. The second-order valence-corrected chi connectivity index (χ2v) is 4.18. The highest BCUT2D eigenvalue weighted by molar-refractivity contribution is 5.82. The Labute approximate surface area is 108 Å². The van der Waals surface area contributed by atoms with Gasteiger partial charge in [0.25, 0.3) is 0 Å². The first-order chi connectivity index (χ1) is 8.77. The first-order valence-corrected chi connectivity index (χ1v) is 5.48. The summed E-state index contributed by atoms with van der Waals surface area (Å²) in [5.41, 5.74) is 4.58. The van der Waals surface area contributed by atoms with Crippen molar-refractivity contribution in [3.63, 3.8) is 0 Å². The number of amidine groups is 1. The Hall–Kier alpha value is -1.99. The van der Waals surface area contributed by atoms with Crippen LogP contribution in [-0.4, -0.2) is 29.6 Å². The zero-order valence-corrected chi connectivity index (χ0v) is 10.5. The normalized spacial score (nSPS) is 14.3. The minimum Gasteiger partial charge on any atom is -0.409 e. The standard InChI is InChI=1S/C11H15F3N4O/c1-7(9(15)17-19)6-18(2)10-8(11(12,13)14)4-3-5-16-10/h3-5,7,19H,6H2,1-2H3,(H2,15,17). The topological polar surface area (TPSA) is 74.7 Å². The van der Waals surface area contributed by atoms with E-state index in [4.69, 9.17) is 10.9 Å². The summed E-state index contributed by atoms with van der Waals surface area (Å²) in [6, 6.07) is 2.19. The molecule has 0 aliphatic heterocycles. The molecule has 1 aromatic heterocycles. The van der Waals surface area contributed by atoms with E-state index < -0.39 is 17.7 Å². The fourth-order valence-corrected chi connectivity index (χ4v) is 1.61. The van der Waals surface area contributed by atoms with E-state index in [0.29, 0.717) is 0 Å². The molecular weight excluding hydrogens is 261 g/mol. The van der Waals surface area contributed by atoms with Crippen LogP contribution >= 0.6 is 0 Å². The highest BCUT2D eigenvalue weighted by atomic mass is 19.4. The summed E-state index contributed by atoms with van der Waals surface area (Å²) in [5, 5.41) is 11.4. The van der Waals surface area contributed by atoms with Gasteiger partial charge < -0.3 is 15.8 Å². The Morgan fingerprint density at radius 1 is 1.58 bits per heavy atom. The number of nitrogens with two attached hydrogens (primary N) is 1. The van der Waals surface area contributed by atoms with Crippen LogP contribution in [0, 0.1) is 5.92 Å². The molecule has 1 unspecified atom stereocenters. The number of hydrogen-bond donors (Lipinski definition) is 2. The lowest BCUT2D eigenvalue weighted by molar-refractivity contribution is -0.137. The van der Waals surface area contributed by atoms with Crippen molar-refractivity contribution >= 4 is 11.7 Å². The van der Waals surface area contributed by atoms with Crippen LogP contribution in [0.3, 0.4) is 0 Å². The molecular formula is C11H15F3N4O. The van der Waals surface area contributed by atoms with E-state index in [1.54, 1.807) is 6.92 Å². The van der Waals surface area contributed by atoms with E-state index in [-0.39, 0.29) is 18.2 Å². The fraction of sp³-hybridized carbons (Fsp3) is 0.455. The van der Waals surface area contributed by atoms with Gasteiger partial charge in [-0.1, -0.05) is 12.1 Å². The summed E-state index contributed by atoms with van der Waals surface area (Å²) in [4.78, 5) is 5.07. The van der Waals surface area contributed by atoms with Crippen molar-refractivity contribution in [3.8, 4) is 0 Å². The molecule has 0 aliphatic carbocycles. The van der Waals surface area contributed by atoms with Crippen molar-refractivity contribution in [3.05, 3.63) is 23.9 Å². The van der Waals surface area contributed by atoms with E-state index >= 15 is 0 Å². The van der Waals surface area contributed by atoms with Gasteiger partial charge in [-0.2, -0.15) is 13.2 Å². The van der Waals surface area contributed by atoms with Crippen LogP contribution < -0.4 is 10.6 Å². The van der Waals surface area contributed by atoms with Crippen LogP contribution in [0.1, 0.15) is 12.5 Å². The molecule has 3 N–H and O–H groups in total. The van der Waals surface area contributed by atoms with E-state index in [1.807, 2.05) is 0 Å². The highest BCUT2D eigenvalue weighted by Gasteiger charge is 2.35. The maximum Gasteiger partial charge on any atom is 0.419 e. The number of oxime groups is 1. The van der Waals surface area contributed by atoms with E-state index in [0.717, 1.165) is 6.07 Å². The molecule has 19 heavy (non-hydrogen) atoms. The molecule has 106 valence electrons. The molecule has 1 aromatic rings. The minimum absolute atomic E-state index is 0.0451. The van der Waals surface area contributed by atoms with Gasteiger partial charge in [0.2, 0.25) is 0 Å². The van der Waals surface area contributed by atoms with Gasteiger partial charge in [0.05, 0.1) is 5.56 Å². The molecule has 0 fully saturated rings. The van der Waals surface area contributed by atoms with Gasteiger partial charge in [0, 0.05) is 25.7 Å². The fourth-order valence-electron chi connectivity index (χ4n) is 1.61. The molecule has 0 aromatic carbocycles. The summed E-state index contributed by atoms with van der Waals surface area (Å²) in [7, 11) is 1.47. The summed E-state index contributed by atoms with van der Waals surface area (Å²) >= 11 is 0. The SMILES string of the molecule is CC(CN(C)c1ncccc1C(F)(F)F)/C(N)=N/O. The number of rotatable bonds is 4. The van der Waals surface area contributed by atoms with Crippen molar-refractivity contribution in [2.75, 3.05) is 18.5 Å². The summed E-state index contributed by atoms with van der Waals surface area (Å²) in [6.07, 6.45) is -3.19. The second kappa shape index (κ2) is 5.77. The molecule has 1 heterocycles. The van der Waals surface area contributed by atoms with Gasteiger partial charge in [0.15, 0.2) is 0 Å². The predicted molar refractivity (Wildman–Crippen MR) is 65.1 cm³/mol. The van der Waals surface area contributed by atoms with Crippen molar-refractivity contribution < 1.29 is 18.4 Å². The summed E-state index contributed by atoms with van der Waals surface area (Å²) in [5.74, 6) is -0.637. The molecule has 0 saturated carbocycles.